The highest BCUT2D eigenvalue weighted by Crippen LogP contribution is 2.44. The predicted octanol–water partition coefficient (Wildman–Crippen LogP) is 3.58. The molecule has 1 saturated heterocycles. The van der Waals surface area contributed by atoms with Gasteiger partial charge in [-0.3, -0.25) is 4.79 Å². The van der Waals surface area contributed by atoms with Crippen molar-refractivity contribution in [1.29, 1.82) is 5.26 Å². The van der Waals surface area contributed by atoms with Crippen molar-refractivity contribution < 1.29 is 9.53 Å². The summed E-state index contributed by atoms with van der Waals surface area (Å²) in [6, 6.07) is 10.6. The first kappa shape index (κ1) is 18.5. The van der Waals surface area contributed by atoms with Crippen molar-refractivity contribution in [3.8, 4) is 6.07 Å². The first-order chi connectivity index (χ1) is 11.3. The van der Waals surface area contributed by atoms with Crippen LogP contribution in [0.3, 0.4) is 0 Å². The summed E-state index contributed by atoms with van der Waals surface area (Å²) in [6.45, 7) is 7.42. The summed E-state index contributed by atoms with van der Waals surface area (Å²) in [5, 5.41) is 8.74. The molecule has 0 N–H and O–H groups in total. The van der Waals surface area contributed by atoms with E-state index < -0.39 is 0 Å². The van der Waals surface area contributed by atoms with E-state index in [1.807, 2.05) is 0 Å². The molecule has 1 aromatic carbocycles. The van der Waals surface area contributed by atoms with Crippen LogP contribution in [-0.4, -0.2) is 36.6 Å². The van der Waals surface area contributed by atoms with E-state index in [2.05, 4.69) is 51.1 Å². The fourth-order valence-electron chi connectivity index (χ4n) is 3.65. The third-order valence-corrected chi connectivity index (χ3v) is 4.98. The van der Waals surface area contributed by atoms with Crippen LogP contribution in [0, 0.1) is 18.3 Å². The summed E-state index contributed by atoms with van der Waals surface area (Å²) in [6.07, 6.45) is 2.50. The molecule has 0 radical (unpaired) electrons. The molecule has 1 amide bonds. The molecule has 4 heteroatoms. The molecule has 1 aromatic rings. The fraction of sp³-hybridized carbons (Fsp3) is 0.600. The van der Waals surface area contributed by atoms with E-state index in [0.717, 1.165) is 12.8 Å². The maximum atomic E-state index is 12.7. The van der Waals surface area contributed by atoms with Gasteiger partial charge in [0, 0.05) is 32.0 Å². The van der Waals surface area contributed by atoms with E-state index in [1.165, 1.54) is 11.1 Å². The smallest absolute Gasteiger partial charge is 0.223 e. The standard InChI is InChI=1S/C20H28N2O2/c1-16-6-8-17(9-7-16)20(10-13-24-19(2,3)15-20)14-18(23)22(4)12-5-11-21/h6-9H,5,10,12-15H2,1-4H3/t20-/m1/s1. The van der Waals surface area contributed by atoms with Crippen molar-refractivity contribution in [3.05, 3.63) is 35.4 Å². The Balaban J connectivity index is 2.28. The summed E-state index contributed by atoms with van der Waals surface area (Å²) < 4.78 is 5.90. The number of nitriles is 1. The van der Waals surface area contributed by atoms with Gasteiger partial charge in [-0.2, -0.15) is 5.26 Å². The molecule has 1 atom stereocenters. The number of hydrogen-bond acceptors (Lipinski definition) is 3. The second-order valence-corrected chi connectivity index (χ2v) is 7.58. The molecule has 1 aliphatic heterocycles. The lowest BCUT2D eigenvalue weighted by Gasteiger charge is -2.45. The van der Waals surface area contributed by atoms with Crippen molar-refractivity contribution >= 4 is 5.91 Å². The van der Waals surface area contributed by atoms with Crippen LogP contribution in [0.4, 0.5) is 0 Å². The Morgan fingerprint density at radius 3 is 2.58 bits per heavy atom. The number of ether oxygens (including phenoxy) is 1. The number of aryl methyl sites for hydroxylation is 1. The van der Waals surface area contributed by atoms with Gasteiger partial charge in [0.15, 0.2) is 0 Å². The SMILES string of the molecule is Cc1ccc([C@@]2(CC(=O)N(C)CCC#N)CCOC(C)(C)C2)cc1. The molecule has 2 rings (SSSR count). The lowest BCUT2D eigenvalue weighted by molar-refractivity contribution is -0.135. The molecule has 130 valence electrons. The minimum absolute atomic E-state index is 0.100. The van der Waals surface area contributed by atoms with Gasteiger partial charge in [-0.25, -0.2) is 0 Å². The van der Waals surface area contributed by atoms with Gasteiger partial charge in [0.2, 0.25) is 5.91 Å². The van der Waals surface area contributed by atoms with Gasteiger partial charge in [0.1, 0.15) is 0 Å². The quantitative estimate of drug-likeness (QED) is 0.830. The summed E-state index contributed by atoms with van der Waals surface area (Å²) in [5.74, 6) is 0.100. The molecule has 4 nitrogen and oxygen atoms in total. The minimum Gasteiger partial charge on any atom is -0.376 e. The minimum atomic E-state index is -0.241. The van der Waals surface area contributed by atoms with E-state index in [-0.39, 0.29) is 16.9 Å². The monoisotopic (exact) mass is 328 g/mol. The lowest BCUT2D eigenvalue weighted by Crippen LogP contribution is -2.46. The van der Waals surface area contributed by atoms with Crippen molar-refractivity contribution in [2.45, 2.75) is 57.5 Å². The molecule has 24 heavy (non-hydrogen) atoms. The lowest BCUT2D eigenvalue weighted by atomic mass is 9.67. The van der Waals surface area contributed by atoms with Gasteiger partial charge in [-0.1, -0.05) is 29.8 Å². The Hall–Kier alpha value is -1.86. The number of carbonyl (C=O) groups excluding carboxylic acids is 1. The van der Waals surface area contributed by atoms with Crippen LogP contribution in [0.2, 0.25) is 0 Å². The molecule has 0 spiro atoms. The molecular weight excluding hydrogens is 300 g/mol. The largest absolute Gasteiger partial charge is 0.376 e. The van der Waals surface area contributed by atoms with E-state index in [9.17, 15) is 4.79 Å². The van der Waals surface area contributed by atoms with Gasteiger partial charge in [0.25, 0.3) is 0 Å². The molecule has 0 aliphatic carbocycles. The number of nitrogens with zero attached hydrogens (tertiary/aromatic N) is 2. The number of rotatable bonds is 5. The van der Waals surface area contributed by atoms with Gasteiger partial charge in [-0.15, -0.1) is 0 Å². The molecule has 0 aromatic heterocycles. The summed E-state index contributed by atoms with van der Waals surface area (Å²) >= 11 is 0. The number of hydrogen-bond donors (Lipinski definition) is 0. The Labute approximate surface area is 145 Å². The number of carbonyl (C=O) groups is 1. The Morgan fingerprint density at radius 2 is 2.00 bits per heavy atom. The molecular formula is C20H28N2O2. The van der Waals surface area contributed by atoms with E-state index in [4.69, 9.17) is 10.00 Å². The van der Waals surface area contributed by atoms with Crippen LogP contribution in [0.1, 0.15) is 50.7 Å². The van der Waals surface area contributed by atoms with Crippen LogP contribution in [-0.2, 0) is 14.9 Å². The molecule has 0 bridgehead atoms. The summed E-state index contributed by atoms with van der Waals surface area (Å²) in [5.41, 5.74) is 1.99. The fourth-order valence-corrected chi connectivity index (χ4v) is 3.65. The average molecular weight is 328 g/mol. The second kappa shape index (κ2) is 7.36. The topological polar surface area (TPSA) is 53.3 Å². The second-order valence-electron chi connectivity index (χ2n) is 7.58. The molecule has 1 aliphatic rings. The maximum absolute atomic E-state index is 12.7. The Kier molecular flexibility index (Phi) is 5.66. The highest BCUT2D eigenvalue weighted by molar-refractivity contribution is 5.77. The van der Waals surface area contributed by atoms with Gasteiger partial charge in [-0.05, 0) is 39.2 Å². The molecule has 0 saturated carbocycles. The van der Waals surface area contributed by atoms with Crippen molar-refractivity contribution in [3.63, 3.8) is 0 Å². The highest BCUT2D eigenvalue weighted by Gasteiger charge is 2.43. The highest BCUT2D eigenvalue weighted by atomic mass is 16.5. The Bertz CT molecular complexity index is 616. The Morgan fingerprint density at radius 1 is 1.33 bits per heavy atom. The van der Waals surface area contributed by atoms with Crippen molar-refractivity contribution in [1.82, 2.24) is 4.90 Å². The van der Waals surface area contributed by atoms with E-state index >= 15 is 0 Å². The zero-order chi connectivity index (χ0) is 17.8. The van der Waals surface area contributed by atoms with Gasteiger partial charge < -0.3 is 9.64 Å². The molecule has 1 heterocycles. The van der Waals surface area contributed by atoms with Crippen LogP contribution in [0.15, 0.2) is 24.3 Å². The van der Waals surface area contributed by atoms with Crippen LogP contribution < -0.4 is 0 Å². The first-order valence-electron chi connectivity index (χ1n) is 8.60. The van der Waals surface area contributed by atoms with Gasteiger partial charge in [0.05, 0.1) is 18.1 Å². The number of amides is 1. The summed E-state index contributed by atoms with van der Waals surface area (Å²) in [7, 11) is 1.78. The summed E-state index contributed by atoms with van der Waals surface area (Å²) in [4.78, 5) is 14.4. The average Bonchev–Trinajstić information content (AvgIpc) is 2.52. The zero-order valence-corrected chi connectivity index (χ0v) is 15.3. The van der Waals surface area contributed by atoms with Crippen molar-refractivity contribution in [2.24, 2.45) is 0 Å². The molecule has 0 unspecified atom stereocenters. The van der Waals surface area contributed by atoms with E-state index in [0.29, 0.717) is 26.0 Å². The van der Waals surface area contributed by atoms with Gasteiger partial charge >= 0.3 is 0 Å². The third-order valence-electron chi connectivity index (χ3n) is 4.98. The van der Waals surface area contributed by atoms with Crippen LogP contribution in [0.5, 0.6) is 0 Å². The van der Waals surface area contributed by atoms with Crippen LogP contribution >= 0.6 is 0 Å². The zero-order valence-electron chi connectivity index (χ0n) is 15.3. The van der Waals surface area contributed by atoms with E-state index in [1.54, 1.807) is 11.9 Å². The third kappa shape index (κ3) is 4.36. The van der Waals surface area contributed by atoms with Crippen molar-refractivity contribution in [2.75, 3.05) is 20.2 Å². The predicted molar refractivity (Wildman–Crippen MR) is 94.6 cm³/mol. The van der Waals surface area contributed by atoms with Crippen LogP contribution in [0.25, 0.3) is 0 Å². The molecule has 1 fully saturated rings. The first-order valence-corrected chi connectivity index (χ1v) is 8.60. The number of benzene rings is 1. The normalized spacial score (nSPS) is 22.6. The maximum Gasteiger partial charge on any atom is 0.223 e.